The molecule has 1 atom stereocenters. The van der Waals surface area contributed by atoms with Crippen molar-refractivity contribution in [3.05, 3.63) is 0 Å². The predicted octanol–water partition coefficient (Wildman–Crippen LogP) is -3.24. The van der Waals surface area contributed by atoms with Gasteiger partial charge in [0, 0.05) is 11.5 Å². The van der Waals surface area contributed by atoms with E-state index in [-0.39, 0.29) is 62.0 Å². The third kappa shape index (κ3) is 46.4. The summed E-state index contributed by atoms with van der Waals surface area (Å²) in [6, 6.07) is 0. The molecule has 0 aromatic carbocycles. The van der Waals surface area contributed by atoms with E-state index in [1.165, 1.54) is 24.3 Å². The molecule has 0 rings (SSSR count). The van der Waals surface area contributed by atoms with E-state index in [2.05, 4.69) is 13.8 Å². The van der Waals surface area contributed by atoms with E-state index < -0.39 is 11.4 Å². The fourth-order valence-electron chi connectivity index (χ4n) is 0.285. The Morgan fingerprint density at radius 1 is 1.21 bits per heavy atom. The van der Waals surface area contributed by atoms with E-state index in [4.69, 9.17) is 13.3 Å². The molecule has 14 heavy (non-hydrogen) atoms. The Balaban J connectivity index is -0.0000000281. The van der Waals surface area contributed by atoms with Gasteiger partial charge in [0.15, 0.2) is 0 Å². The third-order valence-corrected chi connectivity index (χ3v) is 3.47. The van der Waals surface area contributed by atoms with Crippen LogP contribution in [0.3, 0.4) is 0 Å². The van der Waals surface area contributed by atoms with Gasteiger partial charge in [-0.3, -0.25) is 0 Å². The fraction of sp³-hybridized carbons (Fsp3) is 1.00. The van der Waals surface area contributed by atoms with E-state index in [1.807, 2.05) is 21.6 Å². The van der Waals surface area contributed by atoms with Crippen molar-refractivity contribution in [3.8, 4) is 0 Å². The van der Waals surface area contributed by atoms with Gasteiger partial charge in [-0.1, -0.05) is 35.4 Å². The van der Waals surface area contributed by atoms with Crippen molar-refractivity contribution in [1.82, 2.24) is 0 Å². The summed E-state index contributed by atoms with van der Waals surface area (Å²) >= 11 is -2.86. The van der Waals surface area contributed by atoms with E-state index in [0.717, 1.165) is 0 Å². The Labute approximate surface area is 144 Å². The second-order valence-electron chi connectivity index (χ2n) is 1.86. The minimum Gasteiger partial charge on any atom is -1.00 e. The minimum absolute atomic E-state index is 0. The minimum atomic E-state index is -2.86. The Bertz CT molecular complexity index is 107. The summed E-state index contributed by atoms with van der Waals surface area (Å²) in [5.74, 6) is 2.62. The average Bonchev–Trinajstić information content (AvgIpc) is 1.97. The van der Waals surface area contributed by atoms with Gasteiger partial charge in [0.1, 0.15) is 0 Å². The molecule has 0 aromatic heterocycles. The van der Waals surface area contributed by atoms with Gasteiger partial charge in [-0.25, -0.2) is 4.21 Å². The van der Waals surface area contributed by atoms with Gasteiger partial charge < -0.3 is 12.0 Å². The Morgan fingerprint density at radius 2 is 1.43 bits per heavy atom. The topological polar surface area (TPSA) is 60.4 Å². The monoisotopic (exact) mass is 279 g/mol. The first kappa shape index (κ1) is 25.6. The first-order chi connectivity index (χ1) is 5.65. The molecule has 0 heterocycles. The first-order valence-electron chi connectivity index (χ1n) is 3.67. The molecule has 0 amide bonds. The fourth-order valence-corrected chi connectivity index (χ4v) is 2.56. The van der Waals surface area contributed by atoms with Crippen molar-refractivity contribution >= 4 is 32.9 Å². The van der Waals surface area contributed by atoms with Crippen LogP contribution >= 0.6 is 21.6 Å². The molecule has 0 saturated heterocycles. The summed E-state index contributed by atoms with van der Waals surface area (Å²) in [4.78, 5) is 0. The molecule has 0 aromatic rings. The van der Waals surface area contributed by atoms with Crippen LogP contribution in [0.5, 0.6) is 0 Å². The molecule has 0 aliphatic heterocycles. The first-order valence-corrected chi connectivity index (χ1v) is 7.19. The quantitative estimate of drug-likeness (QED) is 0.248. The molecule has 0 aliphatic rings. The van der Waals surface area contributed by atoms with Gasteiger partial charge in [0.25, 0.3) is 0 Å². The average molecular weight is 279 g/mol. The van der Waals surface area contributed by atoms with Crippen molar-refractivity contribution in [1.29, 1.82) is 0 Å². The normalized spacial score (nSPS) is 10.0. The van der Waals surface area contributed by atoms with Crippen molar-refractivity contribution in [2.24, 2.45) is 0 Å². The van der Waals surface area contributed by atoms with Crippen LogP contribution in [0, 0.1) is 0 Å². The zero-order valence-electron chi connectivity index (χ0n) is 11.3. The summed E-state index contributed by atoms with van der Waals surface area (Å²) in [5, 5.41) is 0. The van der Waals surface area contributed by atoms with Gasteiger partial charge in [-0.15, -0.1) is 0 Å². The maximum Gasteiger partial charge on any atom is 1.00 e. The standard InChI is InChI=1S/C6H14S2.2Na.H2O3S.2H/c1-3-5-7-8-6-4-2;;;1-4(2)3;;/h3-6H2,1-2H3;;;(H2,1,2,3);;/q;2*+1;;2*-1/p-1. The van der Waals surface area contributed by atoms with Gasteiger partial charge in [0.2, 0.25) is 0 Å². The van der Waals surface area contributed by atoms with Crippen molar-refractivity contribution in [2.75, 3.05) is 11.5 Å². The molecular weight excluding hydrogens is 262 g/mol. The number of hydrogen-bond donors (Lipinski definition) is 1. The molecule has 1 N–H and O–H groups in total. The van der Waals surface area contributed by atoms with Crippen molar-refractivity contribution in [3.63, 3.8) is 0 Å². The van der Waals surface area contributed by atoms with Gasteiger partial charge in [0.05, 0.1) is 11.4 Å². The summed E-state index contributed by atoms with van der Waals surface area (Å²) < 4.78 is 24.1. The maximum atomic E-state index is 8.56. The zero-order chi connectivity index (χ0) is 9.82. The summed E-state index contributed by atoms with van der Waals surface area (Å²) in [7, 11) is 3.99. The molecule has 0 radical (unpaired) electrons. The van der Waals surface area contributed by atoms with Gasteiger partial charge in [-0.05, 0) is 12.8 Å². The van der Waals surface area contributed by atoms with Crippen LogP contribution in [0.25, 0.3) is 0 Å². The Morgan fingerprint density at radius 3 is 1.57 bits per heavy atom. The summed E-state index contributed by atoms with van der Waals surface area (Å²) in [5.41, 5.74) is 0. The van der Waals surface area contributed by atoms with E-state index in [1.54, 1.807) is 0 Å². The van der Waals surface area contributed by atoms with Gasteiger partial charge in [-0.2, -0.15) is 0 Å². The maximum absolute atomic E-state index is 8.56. The van der Waals surface area contributed by atoms with E-state index in [9.17, 15) is 0 Å². The Hall–Kier alpha value is 2.77. The van der Waals surface area contributed by atoms with Crippen LogP contribution in [-0.2, 0) is 11.4 Å². The largest absolute Gasteiger partial charge is 1.00 e. The molecule has 3 nitrogen and oxygen atoms in total. The molecule has 1 unspecified atom stereocenters. The van der Waals surface area contributed by atoms with Crippen LogP contribution < -0.4 is 59.1 Å². The number of rotatable bonds is 5. The number of hydrogen-bond acceptors (Lipinski definition) is 4. The predicted molar refractivity (Wildman–Crippen MR) is 59.3 cm³/mol. The molecule has 8 heteroatoms. The zero-order valence-corrected chi connectivity index (χ0v) is 15.8. The van der Waals surface area contributed by atoms with Gasteiger partial charge >= 0.3 is 59.1 Å². The molecular formula is C6H17Na2O3S3-. The molecule has 0 bridgehead atoms. The van der Waals surface area contributed by atoms with Crippen LogP contribution in [0.2, 0.25) is 0 Å². The SMILES string of the molecule is CCCSSCCC.O=S([O-])O.[H-].[H-].[Na+].[Na+]. The second-order valence-corrected chi connectivity index (χ2v) is 5.00. The van der Waals surface area contributed by atoms with Crippen LogP contribution in [0.1, 0.15) is 29.5 Å². The molecule has 0 aliphatic carbocycles. The Kier molecular flexibility index (Phi) is 45.4. The van der Waals surface area contributed by atoms with E-state index in [0.29, 0.717) is 0 Å². The van der Waals surface area contributed by atoms with Crippen molar-refractivity contribution in [2.45, 2.75) is 26.7 Å². The molecule has 0 spiro atoms. The third-order valence-electron chi connectivity index (χ3n) is 0.658. The summed E-state index contributed by atoms with van der Waals surface area (Å²) in [6.45, 7) is 4.44. The smallest absolute Gasteiger partial charge is 1.00 e. The van der Waals surface area contributed by atoms with Crippen molar-refractivity contribution < 1.29 is 75.3 Å². The van der Waals surface area contributed by atoms with Crippen LogP contribution in [0.4, 0.5) is 0 Å². The van der Waals surface area contributed by atoms with Crippen LogP contribution in [0.15, 0.2) is 0 Å². The van der Waals surface area contributed by atoms with Crippen LogP contribution in [-0.4, -0.2) is 24.8 Å². The molecule has 80 valence electrons. The summed E-state index contributed by atoms with van der Waals surface area (Å²) in [6.07, 6.45) is 2.61. The molecule has 0 fully saturated rings. The second kappa shape index (κ2) is 24.8. The van der Waals surface area contributed by atoms with E-state index >= 15 is 0 Å². The molecule has 0 saturated carbocycles.